The Morgan fingerprint density at radius 2 is 1.83 bits per heavy atom. The lowest BCUT2D eigenvalue weighted by molar-refractivity contribution is -0.277. The van der Waals surface area contributed by atoms with Crippen LogP contribution in [-0.4, -0.2) is 77.4 Å². The number of hydrogen-bond acceptors (Lipinski definition) is 10. The number of methoxy groups -OCH3 is 1. The smallest absolute Gasteiger partial charge is 0.306 e. The van der Waals surface area contributed by atoms with Gasteiger partial charge in [-0.05, 0) is 43.7 Å². The van der Waals surface area contributed by atoms with Crippen LogP contribution < -0.4 is 9.47 Å². The van der Waals surface area contributed by atoms with Gasteiger partial charge in [-0.15, -0.1) is 0 Å². The molecule has 1 aromatic carbocycles. The maximum atomic E-state index is 12.1. The monoisotopic (exact) mass is 508 g/mol. The number of ether oxygens (including phenoxy) is 4. The predicted octanol–water partition coefficient (Wildman–Crippen LogP) is 2.16. The van der Waals surface area contributed by atoms with E-state index in [1.54, 1.807) is 13.2 Å². The molecule has 1 aliphatic heterocycles. The summed E-state index contributed by atoms with van der Waals surface area (Å²) >= 11 is 0. The first-order chi connectivity index (χ1) is 17.4. The summed E-state index contributed by atoms with van der Waals surface area (Å²) in [5.41, 5.74) is 2.17. The molecule has 1 aromatic heterocycles. The molecule has 200 valence electrons. The molecule has 4 rings (SSSR count). The van der Waals surface area contributed by atoms with Gasteiger partial charge >= 0.3 is 5.97 Å². The fourth-order valence-corrected chi connectivity index (χ4v) is 5.17. The van der Waals surface area contributed by atoms with Gasteiger partial charge in [0.2, 0.25) is 12.0 Å². The molecule has 1 aliphatic carbocycles. The van der Waals surface area contributed by atoms with E-state index in [1.807, 2.05) is 6.07 Å². The van der Waals surface area contributed by atoms with Gasteiger partial charge in [0.05, 0.1) is 26.6 Å². The van der Waals surface area contributed by atoms with E-state index in [2.05, 4.69) is 0 Å². The van der Waals surface area contributed by atoms with Crippen molar-refractivity contribution in [2.24, 2.45) is 0 Å². The number of rotatable bonds is 9. The van der Waals surface area contributed by atoms with Gasteiger partial charge in [0.1, 0.15) is 24.4 Å². The SMILES string of the molecule is CCOC(=O)CCc1cc2c(C3CCCCC3)coc2c(OC)c1O[C@H]1O[C@H](CO)[C@@H](O)[C@H](O)[C@H]1O. The van der Waals surface area contributed by atoms with E-state index in [4.69, 9.17) is 23.4 Å². The highest BCUT2D eigenvalue weighted by Gasteiger charge is 2.45. The molecular weight excluding hydrogens is 472 g/mol. The summed E-state index contributed by atoms with van der Waals surface area (Å²) in [4.78, 5) is 12.1. The molecule has 2 heterocycles. The second-order valence-corrected chi connectivity index (χ2v) is 9.42. The van der Waals surface area contributed by atoms with E-state index in [-0.39, 0.29) is 36.9 Å². The summed E-state index contributed by atoms with van der Waals surface area (Å²) < 4.78 is 28.3. The van der Waals surface area contributed by atoms with E-state index in [1.165, 1.54) is 13.5 Å². The van der Waals surface area contributed by atoms with Crippen molar-refractivity contribution in [3.63, 3.8) is 0 Å². The van der Waals surface area contributed by atoms with Crippen molar-refractivity contribution in [2.75, 3.05) is 20.3 Å². The summed E-state index contributed by atoms with van der Waals surface area (Å²) in [5, 5.41) is 41.3. The molecular formula is C26H36O10. The molecule has 36 heavy (non-hydrogen) atoms. The molecule has 2 aromatic rings. The Kier molecular flexibility index (Phi) is 8.74. The van der Waals surface area contributed by atoms with E-state index < -0.39 is 37.3 Å². The molecule has 0 unspecified atom stereocenters. The molecule has 0 radical (unpaired) electrons. The maximum Gasteiger partial charge on any atom is 0.306 e. The van der Waals surface area contributed by atoms with Crippen LogP contribution in [0.2, 0.25) is 0 Å². The zero-order valence-electron chi connectivity index (χ0n) is 20.7. The molecule has 10 nitrogen and oxygen atoms in total. The Morgan fingerprint density at radius 3 is 2.50 bits per heavy atom. The number of benzene rings is 1. The van der Waals surface area contributed by atoms with Crippen molar-refractivity contribution in [3.05, 3.63) is 23.5 Å². The fourth-order valence-electron chi connectivity index (χ4n) is 5.17. The van der Waals surface area contributed by atoms with Crippen LogP contribution in [0.15, 0.2) is 16.7 Å². The summed E-state index contributed by atoms with van der Waals surface area (Å²) in [5.74, 6) is 0.448. The molecule has 0 bridgehead atoms. The lowest BCUT2D eigenvalue weighted by Gasteiger charge is -2.39. The molecule has 4 N–H and O–H groups in total. The Morgan fingerprint density at radius 1 is 1.08 bits per heavy atom. The van der Waals surface area contributed by atoms with Gasteiger partial charge in [0.15, 0.2) is 11.3 Å². The third-order valence-corrected chi connectivity index (χ3v) is 7.12. The number of aliphatic hydroxyl groups excluding tert-OH is 4. The molecule has 2 aliphatic rings. The average Bonchev–Trinajstić information content (AvgIpc) is 3.31. The van der Waals surface area contributed by atoms with Crippen molar-refractivity contribution >= 4 is 16.9 Å². The molecule has 1 saturated heterocycles. The third-order valence-electron chi connectivity index (χ3n) is 7.12. The van der Waals surface area contributed by atoms with Crippen LogP contribution in [0.4, 0.5) is 0 Å². The standard InChI is InChI=1S/C26H36O10/c1-3-33-19(28)10-9-15-11-16-17(14-7-5-4-6-8-14)13-34-24(16)25(32-2)23(15)36-26-22(31)21(30)20(29)18(12-27)35-26/h11,13-14,18,20-22,26-27,29-31H,3-10,12H2,1-2H3/t18-,20-,21+,22-,26-/m1/s1. The van der Waals surface area contributed by atoms with Crippen molar-refractivity contribution in [1.82, 2.24) is 0 Å². The fraction of sp³-hybridized carbons (Fsp3) is 0.654. The molecule has 1 saturated carbocycles. The first-order valence-electron chi connectivity index (χ1n) is 12.6. The van der Waals surface area contributed by atoms with Gasteiger partial charge in [-0.1, -0.05) is 19.3 Å². The summed E-state index contributed by atoms with van der Waals surface area (Å²) in [6.45, 7) is 1.42. The number of fused-ring (bicyclic) bond motifs is 1. The predicted molar refractivity (Wildman–Crippen MR) is 128 cm³/mol. The van der Waals surface area contributed by atoms with Gasteiger partial charge in [0, 0.05) is 17.4 Å². The average molecular weight is 509 g/mol. The number of carbonyl (C=O) groups excluding carboxylic acids is 1. The van der Waals surface area contributed by atoms with Crippen LogP contribution in [0.3, 0.4) is 0 Å². The van der Waals surface area contributed by atoms with Gasteiger partial charge in [0.25, 0.3) is 0 Å². The highest BCUT2D eigenvalue weighted by atomic mass is 16.7. The highest BCUT2D eigenvalue weighted by Crippen LogP contribution is 2.46. The van der Waals surface area contributed by atoms with Crippen LogP contribution in [0.5, 0.6) is 11.5 Å². The quantitative estimate of drug-likeness (QED) is 0.371. The minimum Gasteiger partial charge on any atom is -0.490 e. The second kappa shape index (κ2) is 11.8. The topological polar surface area (TPSA) is 148 Å². The van der Waals surface area contributed by atoms with Crippen LogP contribution in [0, 0.1) is 0 Å². The highest BCUT2D eigenvalue weighted by molar-refractivity contribution is 5.90. The van der Waals surface area contributed by atoms with Crippen LogP contribution in [0.1, 0.15) is 62.5 Å². The Bertz CT molecular complexity index is 1030. The van der Waals surface area contributed by atoms with Crippen LogP contribution >= 0.6 is 0 Å². The second-order valence-electron chi connectivity index (χ2n) is 9.42. The van der Waals surface area contributed by atoms with Crippen LogP contribution in [-0.2, 0) is 20.7 Å². The largest absolute Gasteiger partial charge is 0.490 e. The zero-order chi connectivity index (χ0) is 25.8. The van der Waals surface area contributed by atoms with E-state index >= 15 is 0 Å². The number of furan rings is 1. The normalized spacial score (nSPS) is 27.2. The molecule has 2 fully saturated rings. The maximum absolute atomic E-state index is 12.1. The van der Waals surface area contributed by atoms with Crippen molar-refractivity contribution in [2.45, 2.75) is 88.5 Å². The number of aliphatic hydroxyl groups is 4. The summed E-state index contributed by atoms with van der Waals surface area (Å²) in [6.07, 6.45) is 0.497. The number of hydrogen-bond donors (Lipinski definition) is 4. The lowest BCUT2D eigenvalue weighted by Crippen LogP contribution is -2.60. The zero-order valence-corrected chi connectivity index (χ0v) is 20.7. The van der Waals surface area contributed by atoms with Crippen LogP contribution in [0.25, 0.3) is 11.0 Å². The van der Waals surface area contributed by atoms with Crippen molar-refractivity contribution < 1.29 is 48.6 Å². The van der Waals surface area contributed by atoms with Gasteiger partial charge in [-0.3, -0.25) is 4.79 Å². The van der Waals surface area contributed by atoms with Crippen molar-refractivity contribution in [3.8, 4) is 11.5 Å². The van der Waals surface area contributed by atoms with Gasteiger partial charge in [-0.2, -0.15) is 0 Å². The van der Waals surface area contributed by atoms with Crippen molar-refractivity contribution in [1.29, 1.82) is 0 Å². The minimum absolute atomic E-state index is 0.0875. The van der Waals surface area contributed by atoms with Gasteiger partial charge < -0.3 is 43.8 Å². The van der Waals surface area contributed by atoms with E-state index in [0.29, 0.717) is 17.1 Å². The Labute approximate surface area is 209 Å². The lowest BCUT2D eigenvalue weighted by atomic mass is 9.83. The molecule has 0 amide bonds. The number of esters is 1. The molecule has 10 heteroatoms. The minimum atomic E-state index is -1.60. The number of carbonyl (C=O) groups is 1. The first kappa shape index (κ1) is 26.7. The third kappa shape index (κ3) is 5.33. The van der Waals surface area contributed by atoms with E-state index in [9.17, 15) is 25.2 Å². The number of aryl methyl sites for hydroxylation is 1. The first-order valence-corrected chi connectivity index (χ1v) is 12.6. The molecule has 5 atom stereocenters. The van der Waals surface area contributed by atoms with Gasteiger partial charge in [-0.25, -0.2) is 0 Å². The molecule has 0 spiro atoms. The Hall–Kier alpha value is -2.37. The van der Waals surface area contributed by atoms with E-state index in [0.717, 1.165) is 36.6 Å². The summed E-state index contributed by atoms with van der Waals surface area (Å²) in [6, 6.07) is 1.91. The Balaban J connectivity index is 1.74. The summed E-state index contributed by atoms with van der Waals surface area (Å²) in [7, 11) is 1.47.